The van der Waals surface area contributed by atoms with E-state index in [1.165, 1.54) is 0 Å². The number of halogens is 1. The van der Waals surface area contributed by atoms with E-state index in [9.17, 15) is 4.79 Å². The van der Waals surface area contributed by atoms with Crippen LogP contribution in [-0.2, 0) is 0 Å². The Morgan fingerprint density at radius 1 is 1.50 bits per heavy atom. The summed E-state index contributed by atoms with van der Waals surface area (Å²) < 4.78 is 5.32. The number of alkyl halides is 1. The number of aryl methyl sites for hydroxylation is 2. The van der Waals surface area contributed by atoms with Gasteiger partial charge < -0.3 is 9.32 Å². The fourth-order valence-electron chi connectivity index (χ4n) is 1.25. The van der Waals surface area contributed by atoms with Crippen LogP contribution in [-0.4, -0.2) is 33.7 Å². The summed E-state index contributed by atoms with van der Waals surface area (Å²) >= 11 is 3.40. The number of carbonyl (C=O) groups excluding carboxylic acids is 1. The normalized spacial score (nSPS) is 11.6. The molecule has 1 heterocycles. The molecule has 0 fully saturated rings. The molecule has 90 valence electrons. The Kier molecular flexibility index (Phi) is 3.78. The van der Waals surface area contributed by atoms with Gasteiger partial charge in [0.25, 0.3) is 5.91 Å². The minimum atomic E-state index is -0.260. The molecule has 0 aromatic carbocycles. The Morgan fingerprint density at radius 3 is 2.44 bits per heavy atom. The molecular weight excluding hydrogens is 272 g/mol. The monoisotopic (exact) mass is 288 g/mol. The quantitative estimate of drug-likeness (QED) is 0.803. The lowest BCUT2D eigenvalue weighted by Crippen LogP contribution is -2.46. The van der Waals surface area contributed by atoms with Gasteiger partial charge in [0.2, 0.25) is 5.76 Å². The molecule has 16 heavy (non-hydrogen) atoms. The Labute approximate surface area is 104 Å². The highest BCUT2D eigenvalue weighted by Crippen LogP contribution is 2.20. The van der Waals surface area contributed by atoms with E-state index < -0.39 is 0 Å². The third-order valence-electron chi connectivity index (χ3n) is 2.64. The third kappa shape index (κ3) is 2.45. The van der Waals surface area contributed by atoms with E-state index in [0.29, 0.717) is 22.7 Å². The second-order valence-electron chi connectivity index (χ2n) is 4.46. The molecule has 0 spiro atoms. The molecule has 0 atom stereocenters. The Hall–Kier alpha value is -0.840. The molecule has 0 bridgehead atoms. The SMILES string of the molecule is Cc1nc(C)c(C(=O)N(C)C(C)(C)CBr)o1. The van der Waals surface area contributed by atoms with Crippen LogP contribution in [0.15, 0.2) is 4.42 Å². The van der Waals surface area contributed by atoms with Gasteiger partial charge >= 0.3 is 0 Å². The molecule has 0 saturated carbocycles. The van der Waals surface area contributed by atoms with Gasteiger partial charge in [-0.1, -0.05) is 15.9 Å². The first-order valence-electron chi connectivity index (χ1n) is 5.07. The molecule has 0 radical (unpaired) electrons. The number of hydrogen-bond donors (Lipinski definition) is 0. The predicted molar refractivity (Wildman–Crippen MR) is 65.9 cm³/mol. The highest BCUT2D eigenvalue weighted by Gasteiger charge is 2.30. The van der Waals surface area contributed by atoms with E-state index in [-0.39, 0.29) is 11.4 Å². The Morgan fingerprint density at radius 2 is 2.06 bits per heavy atom. The predicted octanol–water partition coefficient (Wildman–Crippen LogP) is 2.54. The van der Waals surface area contributed by atoms with Gasteiger partial charge in [-0.25, -0.2) is 4.98 Å². The van der Waals surface area contributed by atoms with Gasteiger partial charge in [0.15, 0.2) is 5.89 Å². The molecule has 1 aromatic heterocycles. The van der Waals surface area contributed by atoms with Gasteiger partial charge in [-0.15, -0.1) is 0 Å². The number of hydrogen-bond acceptors (Lipinski definition) is 3. The molecule has 0 saturated heterocycles. The van der Waals surface area contributed by atoms with Crippen molar-refractivity contribution in [2.45, 2.75) is 33.2 Å². The molecule has 0 N–H and O–H groups in total. The van der Waals surface area contributed by atoms with Crippen molar-refractivity contribution in [2.75, 3.05) is 12.4 Å². The molecule has 4 nitrogen and oxygen atoms in total. The van der Waals surface area contributed by atoms with Crippen molar-refractivity contribution in [1.29, 1.82) is 0 Å². The summed E-state index contributed by atoms with van der Waals surface area (Å²) in [5.41, 5.74) is 0.379. The maximum atomic E-state index is 12.2. The topological polar surface area (TPSA) is 46.3 Å². The minimum Gasteiger partial charge on any atom is -0.436 e. The highest BCUT2D eigenvalue weighted by atomic mass is 79.9. The van der Waals surface area contributed by atoms with E-state index >= 15 is 0 Å². The van der Waals surface area contributed by atoms with Crippen molar-refractivity contribution >= 4 is 21.8 Å². The van der Waals surface area contributed by atoms with Crippen molar-refractivity contribution in [2.24, 2.45) is 0 Å². The van der Waals surface area contributed by atoms with Crippen LogP contribution in [0, 0.1) is 13.8 Å². The molecule has 1 amide bonds. The van der Waals surface area contributed by atoms with Gasteiger partial charge in [0.05, 0.1) is 5.69 Å². The van der Waals surface area contributed by atoms with Crippen molar-refractivity contribution in [3.63, 3.8) is 0 Å². The molecule has 0 aliphatic carbocycles. The summed E-state index contributed by atoms with van der Waals surface area (Å²) in [7, 11) is 1.76. The summed E-state index contributed by atoms with van der Waals surface area (Å²) in [5, 5.41) is 0.703. The number of aromatic nitrogens is 1. The van der Waals surface area contributed by atoms with Crippen molar-refractivity contribution in [1.82, 2.24) is 9.88 Å². The Balaban J connectivity index is 2.99. The Bertz CT molecular complexity index is 399. The van der Waals surface area contributed by atoms with Gasteiger partial charge in [-0.2, -0.15) is 0 Å². The van der Waals surface area contributed by atoms with Gasteiger partial charge in [0, 0.05) is 24.8 Å². The lowest BCUT2D eigenvalue weighted by atomic mass is 10.1. The van der Waals surface area contributed by atoms with Crippen molar-refractivity contribution < 1.29 is 9.21 Å². The van der Waals surface area contributed by atoms with E-state index in [4.69, 9.17) is 4.42 Å². The number of nitrogens with zero attached hydrogens (tertiary/aromatic N) is 2. The van der Waals surface area contributed by atoms with Gasteiger partial charge in [-0.05, 0) is 20.8 Å². The fraction of sp³-hybridized carbons (Fsp3) is 0.636. The van der Waals surface area contributed by atoms with Crippen LogP contribution in [0.1, 0.15) is 36.0 Å². The summed E-state index contributed by atoms with van der Waals surface area (Å²) in [6, 6.07) is 0. The van der Waals surface area contributed by atoms with Crippen LogP contribution in [0.3, 0.4) is 0 Å². The molecule has 0 aliphatic rings. The first-order valence-corrected chi connectivity index (χ1v) is 6.20. The molecular formula is C11H17BrN2O2. The summed E-state index contributed by atoms with van der Waals surface area (Å²) in [4.78, 5) is 17.9. The zero-order chi connectivity index (χ0) is 12.5. The van der Waals surface area contributed by atoms with Crippen LogP contribution >= 0.6 is 15.9 Å². The molecule has 1 aromatic rings. The lowest BCUT2D eigenvalue weighted by Gasteiger charge is -2.33. The van der Waals surface area contributed by atoms with Crippen LogP contribution in [0.5, 0.6) is 0 Å². The molecule has 0 aliphatic heterocycles. The minimum absolute atomic E-state index is 0.137. The first kappa shape index (κ1) is 13.2. The van der Waals surface area contributed by atoms with E-state index in [0.717, 1.165) is 0 Å². The first-order chi connectivity index (χ1) is 7.29. The number of carbonyl (C=O) groups is 1. The average Bonchev–Trinajstić information content (AvgIpc) is 2.55. The standard InChI is InChI=1S/C11H17BrN2O2/c1-7-9(16-8(2)13-7)10(15)14(5)11(3,4)6-12/h6H2,1-5H3. The van der Waals surface area contributed by atoms with E-state index in [2.05, 4.69) is 20.9 Å². The zero-order valence-electron chi connectivity index (χ0n) is 10.3. The van der Waals surface area contributed by atoms with Crippen LogP contribution in [0.25, 0.3) is 0 Å². The summed E-state index contributed by atoms with van der Waals surface area (Å²) in [6.07, 6.45) is 0. The smallest absolute Gasteiger partial charge is 0.291 e. The maximum absolute atomic E-state index is 12.2. The number of amides is 1. The van der Waals surface area contributed by atoms with E-state index in [1.54, 1.807) is 25.8 Å². The molecule has 1 rings (SSSR count). The molecule has 0 unspecified atom stereocenters. The van der Waals surface area contributed by atoms with Crippen molar-refractivity contribution in [3.8, 4) is 0 Å². The van der Waals surface area contributed by atoms with Crippen LogP contribution in [0.4, 0.5) is 0 Å². The fourth-order valence-corrected chi connectivity index (χ4v) is 1.62. The van der Waals surface area contributed by atoms with Crippen molar-refractivity contribution in [3.05, 3.63) is 17.3 Å². The zero-order valence-corrected chi connectivity index (χ0v) is 11.9. The van der Waals surface area contributed by atoms with Gasteiger partial charge in [0.1, 0.15) is 0 Å². The largest absolute Gasteiger partial charge is 0.436 e. The lowest BCUT2D eigenvalue weighted by molar-refractivity contribution is 0.0628. The maximum Gasteiger partial charge on any atom is 0.291 e. The van der Waals surface area contributed by atoms with Crippen LogP contribution < -0.4 is 0 Å². The highest BCUT2D eigenvalue weighted by molar-refractivity contribution is 9.09. The van der Waals surface area contributed by atoms with Crippen LogP contribution in [0.2, 0.25) is 0 Å². The number of rotatable bonds is 3. The van der Waals surface area contributed by atoms with Gasteiger partial charge in [-0.3, -0.25) is 4.79 Å². The summed E-state index contributed by atoms with van der Waals surface area (Å²) in [6.45, 7) is 7.48. The second-order valence-corrected chi connectivity index (χ2v) is 5.02. The second kappa shape index (κ2) is 4.57. The number of oxazole rings is 1. The average molecular weight is 289 g/mol. The van der Waals surface area contributed by atoms with E-state index in [1.807, 2.05) is 13.8 Å². The molecule has 5 heteroatoms. The third-order valence-corrected chi connectivity index (χ3v) is 4.01. The summed E-state index contributed by atoms with van der Waals surface area (Å²) in [5.74, 6) is 0.711.